The van der Waals surface area contributed by atoms with Crippen LogP contribution in [0.2, 0.25) is 0 Å². The van der Waals surface area contributed by atoms with Gasteiger partial charge in [0.2, 0.25) is 0 Å². The third-order valence-corrected chi connectivity index (χ3v) is 5.70. The molecule has 7 heteroatoms. The number of carbonyl (C=O) groups excluding carboxylic acids is 2. The zero-order valence-electron chi connectivity index (χ0n) is 20.5. The molecule has 0 heterocycles. The maximum Gasteiger partial charge on any atom is 0.257 e. The number of anilines is 2. The second-order valence-electron chi connectivity index (χ2n) is 8.76. The van der Waals surface area contributed by atoms with Crippen LogP contribution >= 0.6 is 12.2 Å². The number of hydrogen-bond acceptors (Lipinski definition) is 4. The van der Waals surface area contributed by atoms with Crippen LogP contribution in [-0.4, -0.2) is 23.5 Å². The maximum atomic E-state index is 12.9. The van der Waals surface area contributed by atoms with Gasteiger partial charge in [0.05, 0.1) is 17.9 Å². The summed E-state index contributed by atoms with van der Waals surface area (Å²) in [6, 6.07) is 19.6. The molecule has 182 valence electrons. The van der Waals surface area contributed by atoms with E-state index in [1.807, 2.05) is 32.0 Å². The van der Waals surface area contributed by atoms with Crippen molar-refractivity contribution >= 4 is 40.5 Å². The molecule has 0 spiro atoms. The summed E-state index contributed by atoms with van der Waals surface area (Å²) in [6.45, 7) is 8.93. The smallest absolute Gasteiger partial charge is 0.257 e. The van der Waals surface area contributed by atoms with Crippen molar-refractivity contribution in [3.63, 3.8) is 0 Å². The Bertz CT molecular complexity index is 1210. The first-order valence-electron chi connectivity index (χ1n) is 11.6. The topological polar surface area (TPSA) is 79.5 Å². The summed E-state index contributed by atoms with van der Waals surface area (Å²) >= 11 is 5.33. The molecular weight excluding hydrogens is 458 g/mol. The highest BCUT2D eigenvalue weighted by molar-refractivity contribution is 7.80. The van der Waals surface area contributed by atoms with Crippen LogP contribution in [-0.2, 0) is 0 Å². The van der Waals surface area contributed by atoms with Crippen LogP contribution in [0.25, 0.3) is 0 Å². The molecule has 35 heavy (non-hydrogen) atoms. The van der Waals surface area contributed by atoms with Gasteiger partial charge in [-0.25, -0.2) is 0 Å². The third kappa shape index (κ3) is 7.65. The van der Waals surface area contributed by atoms with E-state index in [0.29, 0.717) is 40.8 Å². The van der Waals surface area contributed by atoms with Crippen molar-refractivity contribution in [3.05, 3.63) is 89.0 Å². The van der Waals surface area contributed by atoms with E-state index in [2.05, 4.69) is 29.8 Å². The van der Waals surface area contributed by atoms with E-state index < -0.39 is 0 Å². The summed E-state index contributed by atoms with van der Waals surface area (Å²) in [5, 5.41) is 8.63. The van der Waals surface area contributed by atoms with Crippen LogP contribution in [0.3, 0.4) is 0 Å². The third-order valence-electron chi connectivity index (χ3n) is 5.49. The molecule has 0 bridgehead atoms. The molecule has 6 nitrogen and oxygen atoms in total. The number of aryl methyl sites for hydroxylation is 2. The fraction of sp³-hybridized carbons (Fsp3) is 0.250. The van der Waals surface area contributed by atoms with Gasteiger partial charge in [0.15, 0.2) is 5.11 Å². The van der Waals surface area contributed by atoms with Gasteiger partial charge in [-0.1, -0.05) is 32.0 Å². The number of nitrogens with one attached hydrogen (secondary N) is 3. The molecule has 0 radical (unpaired) electrons. The summed E-state index contributed by atoms with van der Waals surface area (Å²) in [5.41, 5.74) is 4.30. The van der Waals surface area contributed by atoms with E-state index in [-0.39, 0.29) is 16.9 Å². The highest BCUT2D eigenvalue weighted by Crippen LogP contribution is 2.20. The maximum absolute atomic E-state index is 12.9. The van der Waals surface area contributed by atoms with Gasteiger partial charge in [-0.15, -0.1) is 0 Å². The van der Waals surface area contributed by atoms with Crippen molar-refractivity contribution in [3.8, 4) is 5.75 Å². The molecular formula is C28H31N3O3S. The van der Waals surface area contributed by atoms with Crippen molar-refractivity contribution in [2.75, 3.05) is 17.2 Å². The predicted octanol–water partition coefficient (Wildman–Crippen LogP) is 6.11. The average Bonchev–Trinajstić information content (AvgIpc) is 2.82. The number of thiocarbonyl (C=S) groups is 1. The Labute approximate surface area is 212 Å². The van der Waals surface area contributed by atoms with Crippen molar-refractivity contribution in [2.24, 2.45) is 5.92 Å². The van der Waals surface area contributed by atoms with Gasteiger partial charge < -0.3 is 15.4 Å². The largest absolute Gasteiger partial charge is 0.494 e. The van der Waals surface area contributed by atoms with Gasteiger partial charge in [0.25, 0.3) is 11.8 Å². The van der Waals surface area contributed by atoms with E-state index in [1.165, 1.54) is 0 Å². The second kappa shape index (κ2) is 12.1. The Balaban J connectivity index is 1.60. The van der Waals surface area contributed by atoms with Gasteiger partial charge in [-0.05, 0) is 98.1 Å². The van der Waals surface area contributed by atoms with E-state index >= 15 is 0 Å². The van der Waals surface area contributed by atoms with E-state index in [1.54, 1.807) is 48.5 Å². The van der Waals surface area contributed by atoms with Crippen molar-refractivity contribution in [1.82, 2.24) is 5.32 Å². The van der Waals surface area contributed by atoms with Gasteiger partial charge >= 0.3 is 0 Å². The minimum Gasteiger partial charge on any atom is -0.494 e. The van der Waals surface area contributed by atoms with Gasteiger partial charge in [-0.2, -0.15) is 0 Å². The summed E-state index contributed by atoms with van der Waals surface area (Å²) < 4.78 is 5.69. The number of benzene rings is 3. The number of para-hydroxylation sites is 1. The van der Waals surface area contributed by atoms with Gasteiger partial charge in [-0.3, -0.25) is 14.9 Å². The summed E-state index contributed by atoms with van der Waals surface area (Å²) in [5.74, 6) is 0.648. The lowest BCUT2D eigenvalue weighted by Crippen LogP contribution is -2.34. The molecule has 3 rings (SSSR count). The van der Waals surface area contributed by atoms with E-state index in [4.69, 9.17) is 17.0 Å². The molecule has 0 aromatic heterocycles. The summed E-state index contributed by atoms with van der Waals surface area (Å²) in [4.78, 5) is 25.5. The number of carbonyl (C=O) groups is 2. The first-order valence-corrected chi connectivity index (χ1v) is 12.0. The molecule has 2 amide bonds. The van der Waals surface area contributed by atoms with Gasteiger partial charge in [0.1, 0.15) is 5.75 Å². The van der Waals surface area contributed by atoms with Crippen LogP contribution in [0.5, 0.6) is 5.75 Å². The molecule has 0 saturated carbocycles. The Morgan fingerprint density at radius 2 is 1.60 bits per heavy atom. The predicted molar refractivity (Wildman–Crippen MR) is 145 cm³/mol. The minimum atomic E-state index is -0.353. The van der Waals surface area contributed by atoms with Gasteiger partial charge in [0, 0.05) is 11.3 Å². The Morgan fingerprint density at radius 1 is 0.886 bits per heavy atom. The monoisotopic (exact) mass is 489 g/mol. The number of amides is 2. The van der Waals surface area contributed by atoms with E-state index in [9.17, 15) is 9.59 Å². The van der Waals surface area contributed by atoms with E-state index in [0.717, 1.165) is 17.5 Å². The van der Waals surface area contributed by atoms with Crippen LogP contribution < -0.4 is 20.7 Å². The van der Waals surface area contributed by atoms with Crippen LogP contribution in [0.15, 0.2) is 66.7 Å². The number of rotatable bonds is 8. The van der Waals surface area contributed by atoms with Crippen LogP contribution in [0.4, 0.5) is 11.4 Å². The lowest BCUT2D eigenvalue weighted by Gasteiger charge is -2.14. The molecule has 0 unspecified atom stereocenters. The quantitative estimate of drug-likeness (QED) is 0.333. The molecule has 0 atom stereocenters. The molecule has 0 fully saturated rings. The minimum absolute atomic E-state index is 0.0960. The molecule has 0 saturated heterocycles. The Morgan fingerprint density at radius 3 is 2.29 bits per heavy atom. The highest BCUT2D eigenvalue weighted by Gasteiger charge is 2.14. The second-order valence-corrected chi connectivity index (χ2v) is 9.17. The zero-order valence-corrected chi connectivity index (χ0v) is 21.3. The van der Waals surface area contributed by atoms with Crippen molar-refractivity contribution in [2.45, 2.75) is 34.1 Å². The first-order chi connectivity index (χ1) is 16.7. The molecule has 0 aliphatic heterocycles. The van der Waals surface area contributed by atoms with Crippen molar-refractivity contribution in [1.29, 1.82) is 0 Å². The number of hydrogen-bond donors (Lipinski definition) is 3. The Hall–Kier alpha value is -3.71. The molecule has 3 aromatic rings. The lowest BCUT2D eigenvalue weighted by atomic mass is 10.1. The summed E-state index contributed by atoms with van der Waals surface area (Å²) in [6.07, 6.45) is 0.965. The molecule has 0 aliphatic carbocycles. The molecule has 3 N–H and O–H groups in total. The molecule has 0 aliphatic rings. The SMILES string of the molecule is Cc1ccc(NC(=O)c2ccccc2NC(=S)NC(=O)c2ccc(OCCC(C)C)cc2)cc1C. The lowest BCUT2D eigenvalue weighted by molar-refractivity contribution is 0.0976. The van der Waals surface area contributed by atoms with Crippen LogP contribution in [0, 0.1) is 19.8 Å². The average molecular weight is 490 g/mol. The molecule has 3 aromatic carbocycles. The number of ether oxygens (including phenoxy) is 1. The Kier molecular flexibility index (Phi) is 8.98. The zero-order chi connectivity index (χ0) is 25.4. The highest BCUT2D eigenvalue weighted by atomic mass is 32.1. The van der Waals surface area contributed by atoms with Crippen LogP contribution in [0.1, 0.15) is 52.1 Å². The normalized spacial score (nSPS) is 10.5. The first kappa shape index (κ1) is 25.9. The fourth-order valence-electron chi connectivity index (χ4n) is 3.25. The summed E-state index contributed by atoms with van der Waals surface area (Å²) in [7, 11) is 0. The standard InChI is InChI=1S/C28H31N3O3S/c1-18(2)15-16-34-23-13-10-21(11-14-23)26(32)31-28(35)30-25-8-6-5-7-24(25)27(33)29-22-12-9-19(3)20(4)17-22/h5-14,17-18H,15-16H2,1-4H3,(H,29,33)(H2,30,31,32,35). The van der Waals surface area contributed by atoms with Crippen molar-refractivity contribution < 1.29 is 14.3 Å². The fourth-order valence-corrected chi connectivity index (χ4v) is 3.45.